The lowest BCUT2D eigenvalue weighted by molar-refractivity contribution is -0.125. The van der Waals surface area contributed by atoms with Crippen LogP contribution in [-0.2, 0) is 9.59 Å². The van der Waals surface area contributed by atoms with Gasteiger partial charge in [-0.15, -0.1) is 4.91 Å². The van der Waals surface area contributed by atoms with Crippen molar-refractivity contribution in [1.29, 1.82) is 0 Å². The van der Waals surface area contributed by atoms with Crippen molar-refractivity contribution < 1.29 is 9.59 Å². The third-order valence-electron chi connectivity index (χ3n) is 3.17. The molecule has 0 unspecified atom stereocenters. The lowest BCUT2D eigenvalue weighted by Crippen LogP contribution is -2.38. The average molecular weight is 366 g/mol. The molecule has 0 fully saturated rings. The van der Waals surface area contributed by atoms with Crippen LogP contribution in [0, 0.1) is 4.91 Å². The molecule has 138 valence electrons. The molecule has 2 aromatic rings. The number of nitroso groups, excluding NO2 is 1. The van der Waals surface area contributed by atoms with Gasteiger partial charge in [-0.25, -0.2) is 15.9 Å². The van der Waals surface area contributed by atoms with Crippen LogP contribution in [0.2, 0.25) is 0 Å². The van der Waals surface area contributed by atoms with Gasteiger partial charge in [0.2, 0.25) is 0 Å². The Kier molecular flexibility index (Phi) is 7.83. The maximum Gasteiger partial charge on any atom is 0.261 e. The molecular weight excluding hydrogens is 348 g/mol. The molecule has 0 bridgehead atoms. The zero-order valence-electron chi connectivity index (χ0n) is 14.4. The Labute approximate surface area is 155 Å². The zero-order valence-corrected chi connectivity index (χ0v) is 14.4. The van der Waals surface area contributed by atoms with Crippen molar-refractivity contribution in [1.82, 2.24) is 15.9 Å². The van der Waals surface area contributed by atoms with E-state index in [0.717, 1.165) is 16.1 Å². The molecule has 2 rings (SSSR count). The van der Waals surface area contributed by atoms with E-state index in [1.54, 1.807) is 0 Å². The fourth-order valence-electron chi connectivity index (χ4n) is 1.95. The minimum atomic E-state index is -0.581. The van der Waals surface area contributed by atoms with Gasteiger partial charge in [-0.2, -0.15) is 10.2 Å². The maximum absolute atomic E-state index is 11.8. The average Bonchev–Trinajstić information content (AvgIpc) is 2.69. The smallest absolute Gasteiger partial charge is 0.261 e. The summed E-state index contributed by atoms with van der Waals surface area (Å²) in [7, 11) is 0. The van der Waals surface area contributed by atoms with Crippen molar-refractivity contribution in [2.75, 3.05) is 13.1 Å². The Morgan fingerprint density at radius 3 is 1.56 bits per heavy atom. The summed E-state index contributed by atoms with van der Waals surface area (Å²) in [6.07, 6.45) is 2.92. The van der Waals surface area contributed by atoms with Crippen molar-refractivity contribution in [2.24, 2.45) is 15.5 Å². The second-order valence-electron chi connectivity index (χ2n) is 5.31. The summed E-state index contributed by atoms with van der Waals surface area (Å²) in [5.74, 6) is -1.16. The Morgan fingerprint density at radius 1 is 0.778 bits per heavy atom. The molecule has 0 aliphatic heterocycles. The number of nitrogens with zero attached hydrogens (tertiary/aromatic N) is 4. The van der Waals surface area contributed by atoms with Gasteiger partial charge in [-0.1, -0.05) is 60.7 Å². The van der Waals surface area contributed by atoms with Gasteiger partial charge < -0.3 is 0 Å². The van der Waals surface area contributed by atoms with Gasteiger partial charge in [-0.05, 0) is 11.1 Å². The van der Waals surface area contributed by atoms with Crippen molar-refractivity contribution in [2.45, 2.75) is 0 Å². The minimum absolute atomic E-state index is 0.411. The summed E-state index contributed by atoms with van der Waals surface area (Å²) in [6.45, 7) is -0.823. The molecule has 9 nitrogen and oxygen atoms in total. The monoisotopic (exact) mass is 366 g/mol. The quantitative estimate of drug-likeness (QED) is 0.395. The molecule has 0 aliphatic carbocycles. The summed E-state index contributed by atoms with van der Waals surface area (Å²) in [5.41, 5.74) is 6.13. The number of amides is 2. The number of hydrogen-bond donors (Lipinski definition) is 2. The van der Waals surface area contributed by atoms with Gasteiger partial charge in [0, 0.05) is 0 Å². The number of rotatable bonds is 9. The van der Waals surface area contributed by atoms with Gasteiger partial charge in [0.25, 0.3) is 11.8 Å². The van der Waals surface area contributed by atoms with E-state index in [9.17, 15) is 14.5 Å². The number of nitrogens with one attached hydrogen (secondary N) is 2. The molecule has 2 amide bonds. The molecule has 2 aromatic carbocycles. The first-order valence-electron chi connectivity index (χ1n) is 7.99. The normalized spacial score (nSPS) is 10.7. The third-order valence-corrected chi connectivity index (χ3v) is 3.17. The molecule has 0 aromatic heterocycles. The molecule has 27 heavy (non-hydrogen) atoms. The SMILES string of the molecule is O=NN(CC(=O)NN=Cc1ccccc1)CC(=O)N/N=C/c1ccccc1. The van der Waals surface area contributed by atoms with E-state index in [0.29, 0.717) is 0 Å². The van der Waals surface area contributed by atoms with Gasteiger partial charge in [-0.3, -0.25) is 9.59 Å². The Morgan fingerprint density at radius 2 is 1.19 bits per heavy atom. The summed E-state index contributed by atoms with van der Waals surface area (Å²) in [5, 5.41) is 11.0. The summed E-state index contributed by atoms with van der Waals surface area (Å²) in [4.78, 5) is 34.3. The van der Waals surface area contributed by atoms with Crippen LogP contribution in [0.15, 0.2) is 76.2 Å². The third kappa shape index (κ3) is 7.69. The van der Waals surface area contributed by atoms with Crippen LogP contribution in [0.1, 0.15) is 11.1 Å². The van der Waals surface area contributed by atoms with E-state index in [1.807, 2.05) is 60.7 Å². The van der Waals surface area contributed by atoms with Crippen molar-refractivity contribution >= 4 is 24.2 Å². The molecule has 0 aliphatic rings. The first-order chi connectivity index (χ1) is 13.2. The topological polar surface area (TPSA) is 116 Å². The first-order valence-corrected chi connectivity index (χ1v) is 7.99. The van der Waals surface area contributed by atoms with Crippen molar-refractivity contribution in [3.05, 3.63) is 76.7 Å². The number of carbonyl (C=O) groups excluding carboxylic acids is 2. The number of carbonyl (C=O) groups is 2. The highest BCUT2D eigenvalue weighted by Crippen LogP contribution is 1.94. The number of hydrazone groups is 2. The van der Waals surface area contributed by atoms with Crippen LogP contribution in [0.5, 0.6) is 0 Å². The van der Waals surface area contributed by atoms with Gasteiger partial charge in [0.1, 0.15) is 13.1 Å². The molecule has 0 heterocycles. The lowest BCUT2D eigenvalue weighted by atomic mass is 10.2. The lowest BCUT2D eigenvalue weighted by Gasteiger charge is -2.12. The number of hydrogen-bond acceptors (Lipinski definition) is 6. The van der Waals surface area contributed by atoms with Crippen LogP contribution in [-0.4, -0.2) is 42.3 Å². The van der Waals surface area contributed by atoms with Crippen LogP contribution >= 0.6 is 0 Å². The molecule has 0 atom stereocenters. The Hall–Kier alpha value is -3.88. The molecule has 0 saturated heterocycles. The molecule has 0 spiro atoms. The van der Waals surface area contributed by atoms with Crippen molar-refractivity contribution in [3.8, 4) is 0 Å². The Balaban J connectivity index is 1.74. The second-order valence-corrected chi connectivity index (χ2v) is 5.31. The molecule has 9 heteroatoms. The van der Waals surface area contributed by atoms with Crippen LogP contribution in [0.25, 0.3) is 0 Å². The van der Waals surface area contributed by atoms with Crippen molar-refractivity contribution in [3.63, 3.8) is 0 Å². The fourth-order valence-corrected chi connectivity index (χ4v) is 1.95. The predicted octanol–water partition coefficient (Wildman–Crippen LogP) is 1.27. The predicted molar refractivity (Wildman–Crippen MR) is 102 cm³/mol. The van der Waals surface area contributed by atoms with Crippen LogP contribution in [0.4, 0.5) is 0 Å². The fraction of sp³-hybridized carbons (Fsp3) is 0.111. The van der Waals surface area contributed by atoms with E-state index in [1.165, 1.54) is 12.4 Å². The van der Waals surface area contributed by atoms with E-state index in [4.69, 9.17) is 0 Å². The van der Waals surface area contributed by atoms with Gasteiger partial charge >= 0.3 is 0 Å². The van der Waals surface area contributed by atoms with Gasteiger partial charge in [0.05, 0.1) is 17.7 Å². The minimum Gasteiger partial charge on any atom is -0.271 e. The highest BCUT2D eigenvalue weighted by atomic mass is 16.3. The highest BCUT2D eigenvalue weighted by Gasteiger charge is 2.13. The van der Waals surface area contributed by atoms with E-state index in [2.05, 4.69) is 26.3 Å². The summed E-state index contributed by atoms with van der Waals surface area (Å²) in [6, 6.07) is 18.3. The Bertz CT molecular complexity index is 743. The van der Waals surface area contributed by atoms with E-state index in [-0.39, 0.29) is 0 Å². The van der Waals surface area contributed by atoms with E-state index < -0.39 is 24.9 Å². The molecule has 0 radical (unpaired) electrons. The molecular formula is C18H18N6O3. The maximum atomic E-state index is 11.8. The summed E-state index contributed by atoms with van der Waals surface area (Å²) < 4.78 is 0. The van der Waals surface area contributed by atoms with Gasteiger partial charge in [0.15, 0.2) is 0 Å². The van der Waals surface area contributed by atoms with Crippen LogP contribution < -0.4 is 10.9 Å². The summed E-state index contributed by atoms with van der Waals surface area (Å²) >= 11 is 0. The zero-order chi connectivity index (χ0) is 19.3. The first kappa shape index (κ1) is 19.4. The van der Waals surface area contributed by atoms with Crippen LogP contribution in [0.3, 0.4) is 0 Å². The number of benzene rings is 2. The molecule has 2 N–H and O–H groups in total. The standard InChI is InChI=1S/C18H18N6O3/c25-17(21-19-11-15-7-3-1-4-8-15)13-24(23-27)14-18(26)22-20-12-16-9-5-2-6-10-16/h1-12H,13-14H2,(H,21,25)(H,22,26)/b19-11+,20-12?. The second kappa shape index (κ2) is 10.9. The van der Waals surface area contributed by atoms with E-state index >= 15 is 0 Å². The largest absolute Gasteiger partial charge is 0.271 e. The highest BCUT2D eigenvalue weighted by molar-refractivity contribution is 5.84. The molecule has 0 saturated carbocycles.